The van der Waals surface area contributed by atoms with Gasteiger partial charge in [0.15, 0.2) is 9.84 Å². The molecular formula is C17H16O4S2. The maximum absolute atomic E-state index is 12.6. The molecule has 0 aliphatic carbocycles. The molecule has 120 valence electrons. The maximum atomic E-state index is 12.6. The summed E-state index contributed by atoms with van der Waals surface area (Å²) < 4.78 is 30.1. The molecule has 3 rings (SSSR count). The second-order valence-corrected chi connectivity index (χ2v) is 8.39. The quantitative estimate of drug-likeness (QED) is 0.792. The fourth-order valence-corrected chi connectivity index (χ4v) is 6.31. The van der Waals surface area contributed by atoms with E-state index in [9.17, 15) is 13.2 Å². The Bertz CT molecular complexity index is 829. The molecule has 2 aromatic rings. The lowest BCUT2D eigenvalue weighted by Gasteiger charge is -2.10. The Balaban J connectivity index is 2.02. The number of carbonyl (C=O) groups excluding carboxylic acids is 1. The lowest BCUT2D eigenvalue weighted by Crippen LogP contribution is -2.11. The van der Waals surface area contributed by atoms with Crippen molar-refractivity contribution >= 4 is 27.6 Å². The van der Waals surface area contributed by atoms with Crippen molar-refractivity contribution in [2.24, 2.45) is 0 Å². The number of sulfone groups is 1. The summed E-state index contributed by atoms with van der Waals surface area (Å²) in [5, 5.41) is -0.216. The molecule has 4 nitrogen and oxygen atoms in total. The molecule has 1 heterocycles. The van der Waals surface area contributed by atoms with E-state index in [0.29, 0.717) is 5.56 Å². The zero-order chi connectivity index (χ0) is 16.4. The van der Waals surface area contributed by atoms with E-state index in [-0.39, 0.29) is 28.1 Å². The molecule has 0 amide bonds. The van der Waals surface area contributed by atoms with Gasteiger partial charge in [-0.05, 0) is 30.7 Å². The van der Waals surface area contributed by atoms with E-state index in [0.717, 1.165) is 4.90 Å². The summed E-state index contributed by atoms with van der Waals surface area (Å²) in [6.45, 7) is 1.91. The van der Waals surface area contributed by atoms with Crippen LogP contribution in [0.15, 0.2) is 58.3 Å². The molecule has 6 heteroatoms. The summed E-state index contributed by atoms with van der Waals surface area (Å²) in [5.74, 6) is -0.587. The van der Waals surface area contributed by atoms with Gasteiger partial charge < -0.3 is 4.74 Å². The largest absolute Gasteiger partial charge is 0.462 e. The Kier molecular flexibility index (Phi) is 4.46. The molecular weight excluding hydrogens is 332 g/mol. The van der Waals surface area contributed by atoms with Gasteiger partial charge in [-0.25, -0.2) is 13.2 Å². The van der Waals surface area contributed by atoms with Crippen LogP contribution in [-0.4, -0.2) is 26.7 Å². The number of rotatable bonds is 4. The minimum Gasteiger partial charge on any atom is -0.462 e. The van der Waals surface area contributed by atoms with Crippen molar-refractivity contribution in [3.05, 3.63) is 59.7 Å². The Morgan fingerprint density at radius 3 is 2.61 bits per heavy atom. The van der Waals surface area contributed by atoms with Gasteiger partial charge in [0.05, 0.1) is 28.1 Å². The first-order valence-corrected chi connectivity index (χ1v) is 9.80. The van der Waals surface area contributed by atoms with Gasteiger partial charge in [0.2, 0.25) is 0 Å². The summed E-state index contributed by atoms with van der Waals surface area (Å²) in [7, 11) is -3.49. The first kappa shape index (κ1) is 16.1. The molecule has 23 heavy (non-hydrogen) atoms. The third kappa shape index (κ3) is 3.14. The molecule has 2 aromatic carbocycles. The van der Waals surface area contributed by atoms with E-state index in [1.54, 1.807) is 19.1 Å². The van der Waals surface area contributed by atoms with Crippen LogP contribution in [0.3, 0.4) is 0 Å². The molecule has 1 aliphatic rings. The van der Waals surface area contributed by atoms with E-state index in [1.807, 2.05) is 30.3 Å². The standard InChI is InChI=1S/C17H16O4S2/c1-2-21-17(18)14-10-6-9-13-15(11-23(19,20)16(13)14)22-12-7-4-3-5-8-12/h3-10,15H,2,11H2,1H3. The summed E-state index contributed by atoms with van der Waals surface area (Å²) >= 11 is 1.50. The van der Waals surface area contributed by atoms with Crippen LogP contribution in [0.1, 0.15) is 28.1 Å². The Morgan fingerprint density at radius 1 is 1.17 bits per heavy atom. The van der Waals surface area contributed by atoms with E-state index < -0.39 is 15.8 Å². The van der Waals surface area contributed by atoms with Crippen molar-refractivity contribution in [1.29, 1.82) is 0 Å². The van der Waals surface area contributed by atoms with Crippen LogP contribution in [0.5, 0.6) is 0 Å². The summed E-state index contributed by atoms with van der Waals surface area (Å²) in [6, 6.07) is 14.7. The van der Waals surface area contributed by atoms with Crippen LogP contribution in [0.2, 0.25) is 0 Å². The van der Waals surface area contributed by atoms with Gasteiger partial charge in [-0.3, -0.25) is 0 Å². The van der Waals surface area contributed by atoms with Crippen LogP contribution in [-0.2, 0) is 14.6 Å². The second-order valence-electron chi connectivity index (χ2n) is 5.15. The van der Waals surface area contributed by atoms with Gasteiger partial charge in [0, 0.05) is 4.90 Å². The molecule has 0 fully saturated rings. The van der Waals surface area contributed by atoms with E-state index in [1.165, 1.54) is 17.8 Å². The van der Waals surface area contributed by atoms with Crippen molar-refractivity contribution in [2.75, 3.05) is 12.4 Å². The molecule has 0 saturated heterocycles. The maximum Gasteiger partial charge on any atom is 0.339 e. The summed E-state index contributed by atoms with van der Waals surface area (Å²) in [5.41, 5.74) is 0.824. The number of ether oxygens (including phenoxy) is 1. The van der Waals surface area contributed by atoms with Crippen molar-refractivity contribution in [1.82, 2.24) is 0 Å². The van der Waals surface area contributed by atoms with Gasteiger partial charge in [0.1, 0.15) is 0 Å². The number of hydrogen-bond acceptors (Lipinski definition) is 5. The molecule has 0 N–H and O–H groups in total. The predicted molar refractivity (Wildman–Crippen MR) is 89.5 cm³/mol. The third-order valence-electron chi connectivity index (χ3n) is 3.59. The molecule has 0 spiro atoms. The van der Waals surface area contributed by atoms with Gasteiger partial charge >= 0.3 is 5.97 Å². The van der Waals surface area contributed by atoms with Gasteiger partial charge in [-0.15, -0.1) is 11.8 Å². The van der Waals surface area contributed by atoms with Gasteiger partial charge in [0.25, 0.3) is 0 Å². The highest BCUT2D eigenvalue weighted by Crippen LogP contribution is 2.46. The Labute approximate surface area is 139 Å². The highest BCUT2D eigenvalue weighted by molar-refractivity contribution is 8.01. The minimum absolute atomic E-state index is 0.00167. The molecule has 0 aromatic heterocycles. The third-order valence-corrected chi connectivity index (χ3v) is 6.90. The summed E-state index contributed by atoms with van der Waals surface area (Å²) in [6.07, 6.45) is 0. The van der Waals surface area contributed by atoms with Gasteiger partial charge in [-0.1, -0.05) is 30.3 Å². The fraction of sp³-hybridized carbons (Fsp3) is 0.235. The Hall–Kier alpha value is -1.79. The second kappa shape index (κ2) is 6.37. The van der Waals surface area contributed by atoms with E-state index in [4.69, 9.17) is 4.74 Å². The van der Waals surface area contributed by atoms with Crippen molar-refractivity contribution in [2.45, 2.75) is 22.0 Å². The smallest absolute Gasteiger partial charge is 0.339 e. The normalized spacial score (nSPS) is 18.4. The Morgan fingerprint density at radius 2 is 1.91 bits per heavy atom. The fourth-order valence-electron chi connectivity index (χ4n) is 2.66. The molecule has 0 bridgehead atoms. The zero-order valence-corrected chi connectivity index (χ0v) is 14.2. The highest BCUT2D eigenvalue weighted by atomic mass is 32.2. The van der Waals surface area contributed by atoms with Crippen molar-refractivity contribution in [3.63, 3.8) is 0 Å². The van der Waals surface area contributed by atoms with E-state index in [2.05, 4.69) is 0 Å². The topological polar surface area (TPSA) is 60.4 Å². The number of carbonyl (C=O) groups is 1. The van der Waals surface area contributed by atoms with Crippen LogP contribution in [0, 0.1) is 0 Å². The van der Waals surface area contributed by atoms with Crippen LogP contribution >= 0.6 is 11.8 Å². The molecule has 0 saturated carbocycles. The van der Waals surface area contributed by atoms with Crippen LogP contribution in [0.25, 0.3) is 0 Å². The first-order valence-electron chi connectivity index (χ1n) is 7.27. The summed E-state index contributed by atoms with van der Waals surface area (Å²) in [4.78, 5) is 13.2. The number of hydrogen-bond donors (Lipinski definition) is 0. The number of thioether (sulfide) groups is 1. The molecule has 1 aliphatic heterocycles. The average Bonchev–Trinajstić information content (AvgIpc) is 2.79. The van der Waals surface area contributed by atoms with Gasteiger partial charge in [-0.2, -0.15) is 0 Å². The highest BCUT2D eigenvalue weighted by Gasteiger charge is 2.38. The first-order chi connectivity index (χ1) is 11.0. The molecule has 1 unspecified atom stereocenters. The molecule has 0 radical (unpaired) electrons. The predicted octanol–water partition coefficient (Wildman–Crippen LogP) is 3.48. The SMILES string of the molecule is CCOC(=O)c1cccc2c1S(=O)(=O)CC2Sc1ccccc1. The minimum atomic E-state index is -3.49. The molecule has 1 atom stereocenters. The monoisotopic (exact) mass is 348 g/mol. The number of esters is 1. The number of benzene rings is 2. The van der Waals surface area contributed by atoms with Crippen molar-refractivity contribution in [3.8, 4) is 0 Å². The lowest BCUT2D eigenvalue weighted by atomic mass is 10.1. The van der Waals surface area contributed by atoms with Crippen molar-refractivity contribution < 1.29 is 17.9 Å². The zero-order valence-electron chi connectivity index (χ0n) is 12.6. The van der Waals surface area contributed by atoms with Crippen LogP contribution < -0.4 is 0 Å². The lowest BCUT2D eigenvalue weighted by molar-refractivity contribution is 0.0521. The number of fused-ring (bicyclic) bond motifs is 1. The van der Waals surface area contributed by atoms with E-state index >= 15 is 0 Å². The average molecular weight is 348 g/mol. The van der Waals surface area contributed by atoms with Crippen LogP contribution in [0.4, 0.5) is 0 Å².